The second-order valence-electron chi connectivity index (χ2n) is 15.0. The third-order valence-electron chi connectivity index (χ3n) is 12.6. The monoisotopic (exact) mass is 502 g/mol. The minimum Gasteiger partial charge on any atom is -0.462 e. The summed E-state index contributed by atoms with van der Waals surface area (Å²) >= 11 is 0. The number of aliphatic hydroxyl groups excluding tert-OH is 1. The molecule has 206 valence electrons. The van der Waals surface area contributed by atoms with Crippen LogP contribution < -0.4 is 0 Å². The van der Waals surface area contributed by atoms with Crippen LogP contribution in [0.3, 0.4) is 0 Å². The number of rotatable bonds is 7. The van der Waals surface area contributed by atoms with Crippen LogP contribution in [0.5, 0.6) is 0 Å². The quantitative estimate of drug-likeness (QED) is 0.373. The summed E-state index contributed by atoms with van der Waals surface area (Å²) in [6, 6.07) is 0. The third kappa shape index (κ3) is 4.11. The standard InChI is InChI=1S/C32H54O4/c1-20(2)10-9-11-21(3)23-14-16-30(7)24-12-13-26-29(5,6)27(36-22(4)34)15-17-32(26,19-33)28(24)25(35)18-31(23,30)8/h20-21,23-24,26-28,33H,9-19H2,1-8H3/t21-,23-,24-,26+,27+,28-,30+,31-,32-/m1/s1. The number of Topliss-reactive ketones (excluding diaryl/α,β-unsaturated/α-hetero) is 1. The first-order chi connectivity index (χ1) is 16.7. The number of ketones is 1. The summed E-state index contributed by atoms with van der Waals surface area (Å²) in [5.41, 5.74) is -0.433. The molecule has 1 N–H and O–H groups in total. The van der Waals surface area contributed by atoms with Gasteiger partial charge in [-0.1, -0.05) is 67.7 Å². The van der Waals surface area contributed by atoms with E-state index in [0.29, 0.717) is 30.0 Å². The van der Waals surface area contributed by atoms with Crippen molar-refractivity contribution in [2.45, 2.75) is 126 Å². The predicted octanol–water partition coefficient (Wildman–Crippen LogP) is 7.22. The lowest BCUT2D eigenvalue weighted by Gasteiger charge is -2.67. The number of aliphatic hydroxyl groups is 1. The number of ether oxygens (including phenoxy) is 1. The van der Waals surface area contributed by atoms with Gasteiger partial charge >= 0.3 is 5.97 Å². The first-order valence-corrected chi connectivity index (χ1v) is 15.1. The van der Waals surface area contributed by atoms with Crippen molar-refractivity contribution >= 4 is 11.8 Å². The molecule has 0 amide bonds. The molecule has 0 saturated heterocycles. The first-order valence-electron chi connectivity index (χ1n) is 15.1. The molecule has 4 fully saturated rings. The molecule has 0 bridgehead atoms. The van der Waals surface area contributed by atoms with E-state index in [4.69, 9.17) is 4.74 Å². The van der Waals surface area contributed by atoms with Crippen LogP contribution in [0.1, 0.15) is 120 Å². The van der Waals surface area contributed by atoms with Gasteiger partial charge in [-0.2, -0.15) is 0 Å². The molecule has 36 heavy (non-hydrogen) atoms. The van der Waals surface area contributed by atoms with Crippen LogP contribution in [-0.4, -0.2) is 29.6 Å². The smallest absolute Gasteiger partial charge is 0.302 e. The van der Waals surface area contributed by atoms with Crippen molar-refractivity contribution in [3.05, 3.63) is 0 Å². The van der Waals surface area contributed by atoms with Gasteiger partial charge in [-0.3, -0.25) is 9.59 Å². The maximum Gasteiger partial charge on any atom is 0.302 e. The number of carbonyl (C=O) groups excluding carboxylic acids is 2. The maximum absolute atomic E-state index is 14.3. The van der Waals surface area contributed by atoms with Crippen LogP contribution in [-0.2, 0) is 14.3 Å². The molecule has 0 aromatic heterocycles. The van der Waals surface area contributed by atoms with Gasteiger partial charge in [-0.15, -0.1) is 0 Å². The molecule has 0 heterocycles. The summed E-state index contributed by atoms with van der Waals surface area (Å²) in [6.07, 6.45) is 10.4. The van der Waals surface area contributed by atoms with Crippen molar-refractivity contribution in [1.29, 1.82) is 0 Å². The van der Waals surface area contributed by atoms with Crippen molar-refractivity contribution in [2.75, 3.05) is 6.61 Å². The summed E-state index contributed by atoms with van der Waals surface area (Å²) in [7, 11) is 0. The highest BCUT2D eigenvalue weighted by Crippen LogP contribution is 2.74. The van der Waals surface area contributed by atoms with E-state index in [1.54, 1.807) is 0 Å². The Balaban J connectivity index is 1.63. The van der Waals surface area contributed by atoms with Gasteiger partial charge in [0.2, 0.25) is 0 Å². The van der Waals surface area contributed by atoms with Gasteiger partial charge in [-0.05, 0) is 78.9 Å². The van der Waals surface area contributed by atoms with E-state index >= 15 is 0 Å². The normalized spacial score (nSPS) is 44.5. The van der Waals surface area contributed by atoms with Crippen molar-refractivity contribution in [3.8, 4) is 0 Å². The average Bonchev–Trinajstić information content (AvgIpc) is 3.06. The summed E-state index contributed by atoms with van der Waals surface area (Å²) in [6.45, 7) is 18.0. The van der Waals surface area contributed by atoms with E-state index < -0.39 is 0 Å². The highest BCUT2D eigenvalue weighted by atomic mass is 16.5. The first kappa shape index (κ1) is 28.1. The zero-order chi connectivity index (χ0) is 26.7. The van der Waals surface area contributed by atoms with Gasteiger partial charge in [0, 0.05) is 36.7 Å². The number of hydrogen-bond donors (Lipinski definition) is 1. The van der Waals surface area contributed by atoms with Crippen LogP contribution in [0.25, 0.3) is 0 Å². The van der Waals surface area contributed by atoms with Gasteiger partial charge in [0.15, 0.2) is 0 Å². The highest BCUT2D eigenvalue weighted by Gasteiger charge is 2.71. The fourth-order valence-electron chi connectivity index (χ4n) is 10.6. The second kappa shape index (κ2) is 9.69. The van der Waals surface area contributed by atoms with Crippen molar-refractivity contribution in [2.24, 2.45) is 57.2 Å². The summed E-state index contributed by atoms with van der Waals surface area (Å²) < 4.78 is 5.79. The average molecular weight is 503 g/mol. The summed E-state index contributed by atoms with van der Waals surface area (Å²) in [4.78, 5) is 26.1. The third-order valence-corrected chi connectivity index (χ3v) is 12.6. The zero-order valence-corrected chi connectivity index (χ0v) is 24.5. The molecule has 4 heteroatoms. The van der Waals surface area contributed by atoms with E-state index in [-0.39, 0.29) is 52.2 Å². The molecule has 0 aliphatic heterocycles. The molecular weight excluding hydrogens is 448 g/mol. The maximum atomic E-state index is 14.3. The van der Waals surface area contributed by atoms with Crippen LogP contribution in [0, 0.1) is 57.2 Å². The van der Waals surface area contributed by atoms with Crippen molar-refractivity contribution < 1.29 is 19.4 Å². The van der Waals surface area contributed by atoms with E-state index in [9.17, 15) is 14.7 Å². The SMILES string of the molecule is CC(=O)O[C@H]1CC[C@]2(CO)[C@H]3C(=O)C[C@]4(C)[C@@H]([C@H](C)CCCC(C)C)CC[C@@]4(C)[C@@H]3CC[C@H]2C1(C)C. The number of hydrogen-bond acceptors (Lipinski definition) is 4. The molecule has 9 atom stereocenters. The topological polar surface area (TPSA) is 63.6 Å². The Morgan fingerprint density at radius 1 is 1.00 bits per heavy atom. The van der Waals surface area contributed by atoms with Gasteiger partial charge in [-0.25, -0.2) is 0 Å². The second-order valence-corrected chi connectivity index (χ2v) is 15.0. The van der Waals surface area contributed by atoms with E-state index in [0.717, 1.165) is 31.6 Å². The van der Waals surface area contributed by atoms with Gasteiger partial charge in [0.1, 0.15) is 11.9 Å². The molecule has 0 unspecified atom stereocenters. The molecule has 4 aliphatic rings. The Morgan fingerprint density at radius 3 is 2.31 bits per heavy atom. The summed E-state index contributed by atoms with van der Waals surface area (Å²) in [5, 5.41) is 11.0. The Bertz CT molecular complexity index is 847. The molecule has 4 nitrogen and oxygen atoms in total. The number of carbonyl (C=O) groups is 2. The van der Waals surface area contributed by atoms with E-state index in [1.165, 1.54) is 39.0 Å². The number of fused-ring (bicyclic) bond motifs is 5. The van der Waals surface area contributed by atoms with Crippen LogP contribution in [0.4, 0.5) is 0 Å². The molecule has 0 aromatic carbocycles. The summed E-state index contributed by atoms with van der Waals surface area (Å²) in [5.74, 6) is 2.69. The lowest BCUT2D eigenvalue weighted by Crippen LogP contribution is -2.66. The predicted molar refractivity (Wildman–Crippen MR) is 144 cm³/mol. The molecule has 4 saturated carbocycles. The van der Waals surface area contributed by atoms with Gasteiger partial charge in [0.25, 0.3) is 0 Å². The molecule has 0 aromatic rings. The minimum absolute atomic E-state index is 0.0520. The van der Waals surface area contributed by atoms with Crippen molar-refractivity contribution in [3.63, 3.8) is 0 Å². The Kier molecular flexibility index (Phi) is 7.57. The van der Waals surface area contributed by atoms with Gasteiger partial charge in [0.05, 0.1) is 0 Å². The Morgan fingerprint density at radius 2 is 1.69 bits per heavy atom. The molecule has 4 aliphatic carbocycles. The van der Waals surface area contributed by atoms with E-state index in [1.807, 2.05) is 0 Å². The Labute approximate surface area is 220 Å². The van der Waals surface area contributed by atoms with Crippen LogP contribution >= 0.6 is 0 Å². The highest BCUT2D eigenvalue weighted by molar-refractivity contribution is 5.84. The fourth-order valence-corrected chi connectivity index (χ4v) is 10.6. The molecule has 0 radical (unpaired) electrons. The Hall–Kier alpha value is -0.900. The van der Waals surface area contributed by atoms with E-state index in [2.05, 4.69) is 48.5 Å². The number of esters is 1. The lowest BCUT2D eigenvalue weighted by atomic mass is 9.37. The fraction of sp³-hybridized carbons (Fsp3) is 0.938. The molecule has 4 rings (SSSR count). The molecular formula is C32H54O4. The van der Waals surface area contributed by atoms with Crippen LogP contribution in [0.15, 0.2) is 0 Å². The lowest BCUT2D eigenvalue weighted by molar-refractivity contribution is -0.220. The van der Waals surface area contributed by atoms with Crippen LogP contribution in [0.2, 0.25) is 0 Å². The van der Waals surface area contributed by atoms with Crippen molar-refractivity contribution in [1.82, 2.24) is 0 Å². The molecule has 0 spiro atoms. The van der Waals surface area contributed by atoms with Gasteiger partial charge < -0.3 is 9.84 Å². The zero-order valence-electron chi connectivity index (χ0n) is 24.5. The largest absolute Gasteiger partial charge is 0.462 e. The minimum atomic E-state index is -0.383.